The topological polar surface area (TPSA) is 57.5 Å². The second-order valence-electron chi connectivity index (χ2n) is 3.21. The summed E-state index contributed by atoms with van der Waals surface area (Å²) in [6, 6.07) is 5.40. The minimum atomic E-state index is -0.892. The summed E-state index contributed by atoms with van der Waals surface area (Å²) in [5, 5.41) is 17.5. The van der Waals surface area contributed by atoms with E-state index < -0.39 is 5.97 Å². The van der Waals surface area contributed by atoms with Gasteiger partial charge in [0.05, 0.1) is 5.56 Å². The zero-order valence-corrected chi connectivity index (χ0v) is 9.38. The van der Waals surface area contributed by atoms with Crippen LogP contribution in [0.3, 0.4) is 0 Å². The number of thioether (sulfide) groups is 1. The third-order valence-corrected chi connectivity index (χ3v) is 3.09. The Hall–Kier alpha value is -1.00. The quantitative estimate of drug-likeness (QED) is 0.596. The van der Waals surface area contributed by atoms with Crippen molar-refractivity contribution in [3.05, 3.63) is 29.3 Å². The predicted molar refractivity (Wildman–Crippen MR) is 60.6 cm³/mol. The lowest BCUT2D eigenvalue weighted by atomic mass is 10.1. The molecule has 2 N–H and O–H groups in total. The van der Waals surface area contributed by atoms with Gasteiger partial charge in [-0.2, -0.15) is 0 Å². The maximum absolute atomic E-state index is 10.9. The summed E-state index contributed by atoms with van der Waals surface area (Å²) in [6.45, 7) is 1.95. The Labute approximate surface area is 93.1 Å². The summed E-state index contributed by atoms with van der Waals surface area (Å²) in [5.41, 5.74) is 1.12. The summed E-state index contributed by atoms with van der Waals surface area (Å²) in [4.78, 5) is 11.8. The van der Waals surface area contributed by atoms with Crippen molar-refractivity contribution in [2.24, 2.45) is 0 Å². The second kappa shape index (κ2) is 5.78. The van der Waals surface area contributed by atoms with E-state index in [0.29, 0.717) is 5.56 Å². The molecule has 0 saturated carbocycles. The number of carboxylic acid groups (broad SMARTS) is 1. The molecule has 82 valence electrons. The van der Waals surface area contributed by atoms with Crippen LogP contribution in [0.2, 0.25) is 0 Å². The first-order valence-corrected chi connectivity index (χ1v) is 5.71. The van der Waals surface area contributed by atoms with Crippen LogP contribution in [0.5, 0.6) is 0 Å². The molecular formula is C11H14O3S. The molecule has 15 heavy (non-hydrogen) atoms. The molecule has 0 bridgehead atoms. The number of aryl methyl sites for hydroxylation is 1. The van der Waals surface area contributed by atoms with E-state index in [1.807, 2.05) is 12.1 Å². The van der Waals surface area contributed by atoms with Crippen molar-refractivity contribution < 1.29 is 15.0 Å². The van der Waals surface area contributed by atoms with Crippen LogP contribution >= 0.6 is 11.8 Å². The van der Waals surface area contributed by atoms with Gasteiger partial charge in [-0.1, -0.05) is 6.07 Å². The Kier molecular flexibility index (Phi) is 4.65. The second-order valence-corrected chi connectivity index (χ2v) is 4.38. The lowest BCUT2D eigenvalue weighted by molar-refractivity contribution is 0.0696. The summed E-state index contributed by atoms with van der Waals surface area (Å²) in [5.74, 6) is -0.0874. The molecule has 0 aliphatic rings. The van der Waals surface area contributed by atoms with Gasteiger partial charge in [-0.25, -0.2) is 4.79 Å². The number of carboxylic acids is 1. The van der Waals surface area contributed by atoms with Crippen LogP contribution < -0.4 is 0 Å². The minimum absolute atomic E-state index is 0.171. The smallest absolute Gasteiger partial charge is 0.335 e. The highest BCUT2D eigenvalue weighted by Gasteiger charge is 2.07. The van der Waals surface area contributed by atoms with Crippen molar-refractivity contribution in [3.8, 4) is 0 Å². The van der Waals surface area contributed by atoms with Crippen molar-refractivity contribution in [2.75, 3.05) is 12.4 Å². The molecule has 1 aromatic carbocycles. The van der Waals surface area contributed by atoms with Gasteiger partial charge < -0.3 is 10.2 Å². The molecule has 1 aromatic rings. The fourth-order valence-corrected chi connectivity index (χ4v) is 2.05. The molecule has 0 saturated heterocycles. The van der Waals surface area contributed by atoms with E-state index in [1.54, 1.807) is 24.8 Å². The first-order chi connectivity index (χ1) is 7.15. The zero-order chi connectivity index (χ0) is 11.3. The highest BCUT2D eigenvalue weighted by Crippen LogP contribution is 2.22. The van der Waals surface area contributed by atoms with E-state index in [2.05, 4.69) is 0 Å². The van der Waals surface area contributed by atoms with Gasteiger partial charge in [0.2, 0.25) is 0 Å². The van der Waals surface area contributed by atoms with E-state index >= 15 is 0 Å². The van der Waals surface area contributed by atoms with E-state index in [1.165, 1.54) is 0 Å². The molecule has 0 atom stereocenters. The van der Waals surface area contributed by atoms with Crippen LogP contribution in [0.15, 0.2) is 23.1 Å². The van der Waals surface area contributed by atoms with Crippen LogP contribution in [-0.4, -0.2) is 28.5 Å². The molecule has 0 unspecified atom stereocenters. The molecule has 0 aliphatic heterocycles. The SMILES string of the molecule is Cc1ccc(SCCCO)cc1C(=O)O. The molecular weight excluding hydrogens is 212 g/mol. The van der Waals surface area contributed by atoms with Crippen LogP contribution in [0.1, 0.15) is 22.3 Å². The van der Waals surface area contributed by atoms with Gasteiger partial charge in [0.15, 0.2) is 0 Å². The average Bonchev–Trinajstić information content (AvgIpc) is 2.20. The number of aromatic carboxylic acids is 1. The third kappa shape index (κ3) is 3.57. The van der Waals surface area contributed by atoms with Gasteiger partial charge in [-0.05, 0) is 31.0 Å². The lowest BCUT2D eigenvalue weighted by Crippen LogP contribution is -1.99. The monoisotopic (exact) mass is 226 g/mol. The minimum Gasteiger partial charge on any atom is -0.478 e. The highest BCUT2D eigenvalue weighted by molar-refractivity contribution is 7.99. The molecule has 0 amide bonds. The number of carbonyl (C=O) groups is 1. The van der Waals surface area contributed by atoms with Crippen molar-refractivity contribution in [1.82, 2.24) is 0 Å². The Morgan fingerprint density at radius 2 is 2.20 bits per heavy atom. The fourth-order valence-electron chi connectivity index (χ4n) is 1.18. The van der Waals surface area contributed by atoms with Gasteiger partial charge in [0.25, 0.3) is 0 Å². The number of aliphatic hydroxyl groups is 1. The lowest BCUT2D eigenvalue weighted by Gasteiger charge is -2.04. The molecule has 0 radical (unpaired) electrons. The number of benzene rings is 1. The number of hydrogen-bond acceptors (Lipinski definition) is 3. The number of aliphatic hydroxyl groups excluding tert-OH is 1. The highest BCUT2D eigenvalue weighted by atomic mass is 32.2. The molecule has 0 spiro atoms. The summed E-state index contributed by atoms with van der Waals surface area (Å²) in [6.07, 6.45) is 0.723. The number of hydrogen-bond donors (Lipinski definition) is 2. The fraction of sp³-hybridized carbons (Fsp3) is 0.364. The first kappa shape index (κ1) is 12.1. The van der Waals surface area contributed by atoms with Crippen LogP contribution in [-0.2, 0) is 0 Å². The molecule has 1 rings (SSSR count). The van der Waals surface area contributed by atoms with Crippen LogP contribution in [0.4, 0.5) is 0 Å². The van der Waals surface area contributed by atoms with Crippen molar-refractivity contribution in [1.29, 1.82) is 0 Å². The molecule has 0 heterocycles. The third-order valence-electron chi connectivity index (χ3n) is 2.01. The van der Waals surface area contributed by atoms with Gasteiger partial charge in [0, 0.05) is 17.3 Å². The average molecular weight is 226 g/mol. The summed E-state index contributed by atoms with van der Waals surface area (Å²) < 4.78 is 0. The maximum atomic E-state index is 10.9. The van der Waals surface area contributed by atoms with Gasteiger partial charge in [-0.15, -0.1) is 11.8 Å². The number of rotatable bonds is 5. The van der Waals surface area contributed by atoms with Gasteiger partial charge in [0.1, 0.15) is 0 Å². The van der Waals surface area contributed by atoms with Crippen molar-refractivity contribution in [2.45, 2.75) is 18.2 Å². The van der Waals surface area contributed by atoms with E-state index in [-0.39, 0.29) is 6.61 Å². The normalized spacial score (nSPS) is 10.3. The van der Waals surface area contributed by atoms with Gasteiger partial charge in [-0.3, -0.25) is 0 Å². The molecule has 0 aliphatic carbocycles. The molecule has 0 aromatic heterocycles. The van der Waals surface area contributed by atoms with Crippen LogP contribution in [0.25, 0.3) is 0 Å². The van der Waals surface area contributed by atoms with Crippen molar-refractivity contribution >= 4 is 17.7 Å². The van der Waals surface area contributed by atoms with Crippen LogP contribution in [0, 0.1) is 6.92 Å². The van der Waals surface area contributed by atoms with E-state index in [4.69, 9.17) is 10.2 Å². The Morgan fingerprint density at radius 3 is 2.80 bits per heavy atom. The van der Waals surface area contributed by atoms with E-state index in [0.717, 1.165) is 22.6 Å². The Balaban J connectivity index is 2.74. The Morgan fingerprint density at radius 1 is 1.47 bits per heavy atom. The van der Waals surface area contributed by atoms with Gasteiger partial charge >= 0.3 is 5.97 Å². The maximum Gasteiger partial charge on any atom is 0.335 e. The standard InChI is InChI=1S/C11H14O3S/c1-8-3-4-9(15-6-2-5-12)7-10(8)11(13)14/h3-4,7,12H,2,5-6H2,1H3,(H,13,14). The molecule has 3 nitrogen and oxygen atoms in total. The summed E-state index contributed by atoms with van der Waals surface area (Å²) >= 11 is 1.56. The largest absolute Gasteiger partial charge is 0.478 e. The van der Waals surface area contributed by atoms with Crippen molar-refractivity contribution in [3.63, 3.8) is 0 Å². The zero-order valence-electron chi connectivity index (χ0n) is 8.56. The molecule has 0 fully saturated rings. The predicted octanol–water partition coefficient (Wildman–Crippen LogP) is 2.17. The Bertz CT molecular complexity index is 350. The first-order valence-electron chi connectivity index (χ1n) is 4.72. The summed E-state index contributed by atoms with van der Waals surface area (Å²) in [7, 11) is 0. The molecule has 4 heteroatoms. The van der Waals surface area contributed by atoms with E-state index in [9.17, 15) is 4.79 Å².